The van der Waals surface area contributed by atoms with Gasteiger partial charge in [0.2, 0.25) is 0 Å². The van der Waals surface area contributed by atoms with E-state index >= 15 is 0 Å². The van der Waals surface area contributed by atoms with Gasteiger partial charge in [-0.2, -0.15) is 0 Å². The smallest absolute Gasteiger partial charge is 0.330 e. The van der Waals surface area contributed by atoms with Gasteiger partial charge in [0.15, 0.2) is 0 Å². The number of rotatable bonds is 4. The van der Waals surface area contributed by atoms with Crippen molar-refractivity contribution >= 4 is 39.6 Å². The van der Waals surface area contributed by atoms with Crippen molar-refractivity contribution in [2.45, 2.75) is 6.92 Å². The number of hydrogen-bond donors (Lipinski definition) is 2. The molecule has 0 spiro atoms. The molecule has 0 unspecified atom stereocenters. The van der Waals surface area contributed by atoms with Crippen molar-refractivity contribution in [2.75, 3.05) is 11.9 Å². The van der Waals surface area contributed by atoms with Crippen LogP contribution < -0.4 is 15.4 Å². The molecule has 0 saturated carbocycles. The van der Waals surface area contributed by atoms with E-state index in [9.17, 15) is 9.59 Å². The molecule has 140 valence electrons. The molecule has 6 heteroatoms. The summed E-state index contributed by atoms with van der Waals surface area (Å²) in [6.07, 6.45) is 0. The van der Waals surface area contributed by atoms with Gasteiger partial charge in [0.25, 0.3) is 0 Å². The SMILES string of the molecule is Cc1cccc(NC(=O)NCC(=O)Oc2ccc3oc4ccccc4c3c2)c1. The van der Waals surface area contributed by atoms with E-state index in [0.717, 1.165) is 27.5 Å². The highest BCUT2D eigenvalue weighted by atomic mass is 16.5. The molecule has 1 aromatic heterocycles. The maximum atomic E-state index is 12.1. The third-order valence-electron chi connectivity index (χ3n) is 4.25. The zero-order chi connectivity index (χ0) is 19.5. The van der Waals surface area contributed by atoms with E-state index in [1.165, 1.54) is 0 Å². The first-order chi connectivity index (χ1) is 13.6. The van der Waals surface area contributed by atoms with Gasteiger partial charge in [-0.15, -0.1) is 0 Å². The summed E-state index contributed by atoms with van der Waals surface area (Å²) in [6.45, 7) is 1.68. The van der Waals surface area contributed by atoms with Crippen LogP contribution >= 0.6 is 0 Å². The normalized spacial score (nSPS) is 10.8. The zero-order valence-electron chi connectivity index (χ0n) is 15.2. The maximum absolute atomic E-state index is 12.1. The average molecular weight is 374 g/mol. The minimum atomic E-state index is -0.563. The van der Waals surface area contributed by atoms with Crippen molar-refractivity contribution in [2.24, 2.45) is 0 Å². The highest BCUT2D eigenvalue weighted by Crippen LogP contribution is 2.31. The van der Waals surface area contributed by atoms with E-state index in [1.807, 2.05) is 49.4 Å². The van der Waals surface area contributed by atoms with Crippen LogP contribution in [0.15, 0.2) is 71.1 Å². The Morgan fingerprint density at radius 1 is 0.929 bits per heavy atom. The number of furan rings is 1. The van der Waals surface area contributed by atoms with Crippen LogP contribution in [-0.4, -0.2) is 18.5 Å². The van der Waals surface area contributed by atoms with Gasteiger partial charge < -0.3 is 19.8 Å². The lowest BCUT2D eigenvalue weighted by Crippen LogP contribution is -2.35. The first kappa shape index (κ1) is 17.6. The largest absolute Gasteiger partial charge is 0.456 e. The zero-order valence-corrected chi connectivity index (χ0v) is 15.2. The van der Waals surface area contributed by atoms with Gasteiger partial charge in [-0.25, -0.2) is 9.59 Å². The predicted octanol–water partition coefficient (Wildman–Crippen LogP) is 4.62. The highest BCUT2D eigenvalue weighted by molar-refractivity contribution is 6.05. The summed E-state index contributed by atoms with van der Waals surface area (Å²) >= 11 is 0. The Balaban J connectivity index is 1.38. The molecule has 0 aliphatic carbocycles. The highest BCUT2D eigenvalue weighted by Gasteiger charge is 2.11. The Morgan fingerprint density at radius 3 is 2.61 bits per heavy atom. The Morgan fingerprint density at radius 2 is 1.75 bits per heavy atom. The van der Waals surface area contributed by atoms with Crippen LogP contribution in [0.2, 0.25) is 0 Å². The van der Waals surface area contributed by atoms with E-state index in [0.29, 0.717) is 11.4 Å². The van der Waals surface area contributed by atoms with E-state index in [4.69, 9.17) is 9.15 Å². The van der Waals surface area contributed by atoms with Crippen LogP contribution in [0, 0.1) is 6.92 Å². The van der Waals surface area contributed by atoms with Gasteiger partial charge in [-0.05, 0) is 48.9 Å². The second-order valence-electron chi connectivity index (χ2n) is 6.41. The number of carbonyl (C=O) groups excluding carboxylic acids is 2. The summed E-state index contributed by atoms with van der Waals surface area (Å²) in [5.41, 5.74) is 3.18. The summed E-state index contributed by atoms with van der Waals surface area (Å²) < 4.78 is 11.1. The molecule has 6 nitrogen and oxygen atoms in total. The number of anilines is 1. The molecule has 1 heterocycles. The Bertz CT molecular complexity index is 1180. The molecule has 4 aromatic rings. The van der Waals surface area contributed by atoms with Crippen molar-refractivity contribution in [3.05, 3.63) is 72.3 Å². The number of nitrogens with one attached hydrogen (secondary N) is 2. The summed E-state index contributed by atoms with van der Waals surface area (Å²) in [6, 6.07) is 19.7. The summed E-state index contributed by atoms with van der Waals surface area (Å²) in [5.74, 6) is -0.170. The summed E-state index contributed by atoms with van der Waals surface area (Å²) in [7, 11) is 0. The van der Waals surface area contributed by atoms with Crippen molar-refractivity contribution in [3.8, 4) is 5.75 Å². The molecule has 0 fully saturated rings. The van der Waals surface area contributed by atoms with Gasteiger partial charge in [0.1, 0.15) is 23.5 Å². The summed E-state index contributed by atoms with van der Waals surface area (Å²) in [4.78, 5) is 24.0. The van der Waals surface area contributed by atoms with Crippen molar-refractivity contribution in [1.82, 2.24) is 5.32 Å². The van der Waals surface area contributed by atoms with Gasteiger partial charge >= 0.3 is 12.0 Å². The molecule has 28 heavy (non-hydrogen) atoms. The quantitative estimate of drug-likeness (QED) is 0.403. The average Bonchev–Trinajstić information content (AvgIpc) is 3.04. The fourth-order valence-electron chi connectivity index (χ4n) is 2.99. The second-order valence-corrected chi connectivity index (χ2v) is 6.41. The van der Waals surface area contributed by atoms with Crippen LogP contribution in [-0.2, 0) is 4.79 Å². The molecule has 2 amide bonds. The third-order valence-corrected chi connectivity index (χ3v) is 4.25. The van der Waals surface area contributed by atoms with Crippen molar-refractivity contribution < 1.29 is 18.7 Å². The number of amides is 2. The Labute approximate surface area is 161 Å². The standard InChI is InChI=1S/C22H18N2O4/c1-14-5-4-6-15(11-14)24-22(26)23-13-21(25)27-16-9-10-20-18(12-16)17-7-2-3-8-19(17)28-20/h2-12H,13H2,1H3,(H2,23,24,26). The molecule has 0 radical (unpaired) electrons. The topological polar surface area (TPSA) is 80.6 Å². The lowest BCUT2D eigenvalue weighted by molar-refractivity contribution is -0.133. The second kappa shape index (κ2) is 7.44. The lowest BCUT2D eigenvalue weighted by atomic mass is 10.1. The fraction of sp³-hybridized carbons (Fsp3) is 0.0909. The van der Waals surface area contributed by atoms with Crippen LogP contribution in [0.25, 0.3) is 21.9 Å². The van der Waals surface area contributed by atoms with Crippen LogP contribution in [0.1, 0.15) is 5.56 Å². The Hall–Kier alpha value is -3.80. The number of carbonyl (C=O) groups is 2. The maximum Gasteiger partial charge on any atom is 0.330 e. The van der Waals surface area contributed by atoms with E-state index in [1.54, 1.807) is 24.3 Å². The van der Waals surface area contributed by atoms with Gasteiger partial charge in [0.05, 0.1) is 0 Å². The minimum absolute atomic E-state index is 0.248. The van der Waals surface area contributed by atoms with E-state index in [-0.39, 0.29) is 6.54 Å². The van der Waals surface area contributed by atoms with Crippen molar-refractivity contribution in [3.63, 3.8) is 0 Å². The number of urea groups is 1. The van der Waals surface area contributed by atoms with Crippen LogP contribution in [0.5, 0.6) is 5.75 Å². The molecule has 0 bridgehead atoms. The molecule has 4 rings (SSSR count). The van der Waals surface area contributed by atoms with Gasteiger partial charge in [-0.3, -0.25) is 0 Å². The molecular weight excluding hydrogens is 356 g/mol. The fourth-order valence-corrected chi connectivity index (χ4v) is 2.99. The number of fused-ring (bicyclic) bond motifs is 3. The molecule has 0 atom stereocenters. The minimum Gasteiger partial charge on any atom is -0.456 e. The third kappa shape index (κ3) is 3.81. The number of benzene rings is 3. The van der Waals surface area contributed by atoms with Gasteiger partial charge in [0, 0.05) is 16.5 Å². The first-order valence-electron chi connectivity index (χ1n) is 8.82. The molecule has 3 aromatic carbocycles. The number of aryl methyl sites for hydroxylation is 1. The predicted molar refractivity (Wildman–Crippen MR) is 108 cm³/mol. The molecule has 0 aliphatic rings. The molecular formula is C22H18N2O4. The number of esters is 1. The Kier molecular flexibility index (Phi) is 4.68. The number of para-hydroxylation sites is 1. The van der Waals surface area contributed by atoms with Crippen LogP contribution in [0.4, 0.5) is 10.5 Å². The van der Waals surface area contributed by atoms with E-state index < -0.39 is 12.0 Å². The van der Waals surface area contributed by atoms with Gasteiger partial charge in [-0.1, -0.05) is 30.3 Å². The lowest BCUT2D eigenvalue weighted by Gasteiger charge is -2.08. The van der Waals surface area contributed by atoms with E-state index in [2.05, 4.69) is 10.6 Å². The monoisotopic (exact) mass is 374 g/mol. The number of ether oxygens (including phenoxy) is 1. The summed E-state index contributed by atoms with van der Waals surface area (Å²) in [5, 5.41) is 6.98. The van der Waals surface area contributed by atoms with Crippen LogP contribution in [0.3, 0.4) is 0 Å². The molecule has 0 saturated heterocycles. The number of hydrogen-bond acceptors (Lipinski definition) is 4. The molecule has 2 N–H and O–H groups in total. The molecule has 0 aliphatic heterocycles. The van der Waals surface area contributed by atoms with Crippen molar-refractivity contribution in [1.29, 1.82) is 0 Å². The first-order valence-corrected chi connectivity index (χ1v) is 8.82.